The first-order valence-corrected chi connectivity index (χ1v) is 10.0. The van der Waals surface area contributed by atoms with Crippen LogP contribution in [0.4, 0.5) is 13.2 Å². The molecule has 5 N–H and O–H groups in total. The minimum absolute atomic E-state index is 0.214. The monoisotopic (exact) mass is 464 g/mol. The molecule has 0 bridgehead atoms. The highest BCUT2D eigenvalue weighted by Crippen LogP contribution is 2.33. The lowest BCUT2D eigenvalue weighted by Gasteiger charge is -2.34. The van der Waals surface area contributed by atoms with Gasteiger partial charge in [-0.3, -0.25) is 4.90 Å². The molecule has 2 saturated heterocycles. The Morgan fingerprint density at radius 2 is 1.72 bits per heavy atom. The number of benzene rings is 1. The van der Waals surface area contributed by atoms with Crippen LogP contribution in [0, 0.1) is 0 Å². The largest absolute Gasteiger partial charge is 0.479 e. The van der Waals surface area contributed by atoms with Gasteiger partial charge in [-0.2, -0.15) is 13.2 Å². The van der Waals surface area contributed by atoms with E-state index in [1.54, 1.807) is 12.1 Å². The summed E-state index contributed by atoms with van der Waals surface area (Å²) < 4.78 is 45.0. The summed E-state index contributed by atoms with van der Waals surface area (Å²) in [4.78, 5) is 21.7. The Labute approximate surface area is 182 Å². The predicted molar refractivity (Wildman–Crippen MR) is 105 cm³/mol. The van der Waals surface area contributed by atoms with E-state index in [2.05, 4.69) is 10.2 Å². The molecule has 32 heavy (non-hydrogen) atoms. The Hall–Kier alpha value is -2.25. The van der Waals surface area contributed by atoms with Gasteiger partial charge in [-0.15, -0.1) is 0 Å². The van der Waals surface area contributed by atoms with E-state index >= 15 is 0 Å². The van der Waals surface area contributed by atoms with Crippen LogP contribution in [0.2, 0.25) is 0 Å². The van der Waals surface area contributed by atoms with Gasteiger partial charge in [0.1, 0.15) is 0 Å². The summed E-state index contributed by atoms with van der Waals surface area (Å²) in [5.41, 5.74) is -0.168. The standard InChI is InChI=1S/C16H21F3N2O.C4H6O6/c17-16(18,19)15-4-2-1-3-12(15)10-21(13-5-7-20-9-13)14-6-8-22-11-14;5-1(3(7)8)2(6)4(9)10/h1-4,13-14,20H,5-11H2;1-2,5-6H,(H,7,8)(H,9,10)/t13-,14-;/m0./s1. The molecule has 0 radical (unpaired) electrons. The second kappa shape index (κ2) is 11.6. The van der Waals surface area contributed by atoms with E-state index in [1.807, 2.05) is 0 Å². The summed E-state index contributed by atoms with van der Waals surface area (Å²) in [6, 6.07) is 6.39. The molecule has 4 atom stereocenters. The lowest BCUT2D eigenvalue weighted by atomic mass is 10.0. The Bertz CT molecular complexity index is 732. The zero-order chi connectivity index (χ0) is 23.9. The molecule has 0 spiro atoms. The van der Waals surface area contributed by atoms with Gasteiger partial charge in [0.15, 0.2) is 12.2 Å². The number of rotatable bonds is 7. The summed E-state index contributed by atoms with van der Waals surface area (Å²) >= 11 is 0. The van der Waals surface area contributed by atoms with Crippen molar-refractivity contribution in [3.8, 4) is 0 Å². The molecule has 180 valence electrons. The van der Waals surface area contributed by atoms with E-state index in [0.717, 1.165) is 25.9 Å². The van der Waals surface area contributed by atoms with Crippen LogP contribution < -0.4 is 5.32 Å². The highest BCUT2D eigenvalue weighted by atomic mass is 19.4. The van der Waals surface area contributed by atoms with Crippen LogP contribution in [0.25, 0.3) is 0 Å². The van der Waals surface area contributed by atoms with Gasteiger partial charge in [0.25, 0.3) is 0 Å². The topological polar surface area (TPSA) is 140 Å². The molecule has 0 aromatic heterocycles. The number of carboxylic acids is 2. The van der Waals surface area contributed by atoms with Gasteiger partial charge in [0.05, 0.1) is 12.2 Å². The van der Waals surface area contributed by atoms with Crippen LogP contribution in [-0.4, -0.2) is 87.9 Å². The van der Waals surface area contributed by atoms with E-state index in [1.165, 1.54) is 12.1 Å². The molecule has 0 saturated carbocycles. The number of aliphatic carboxylic acids is 2. The van der Waals surface area contributed by atoms with Crippen molar-refractivity contribution in [1.29, 1.82) is 0 Å². The number of carboxylic acid groups (broad SMARTS) is 2. The number of aliphatic hydroxyl groups is 2. The van der Waals surface area contributed by atoms with Crippen molar-refractivity contribution in [3.05, 3.63) is 35.4 Å². The van der Waals surface area contributed by atoms with Gasteiger partial charge < -0.3 is 30.5 Å². The SMILES string of the molecule is FC(F)(F)c1ccccc1CN([C@H]1CCNC1)[C@H]1CCOC1.O=C(O)C(O)C(O)C(=O)O. The number of hydrogen-bond donors (Lipinski definition) is 5. The fourth-order valence-corrected chi connectivity index (χ4v) is 3.66. The van der Waals surface area contributed by atoms with Crippen molar-refractivity contribution in [2.75, 3.05) is 26.3 Å². The molecule has 12 heteroatoms. The summed E-state index contributed by atoms with van der Waals surface area (Å²) in [6.07, 6.45) is -6.97. The first-order chi connectivity index (χ1) is 15.0. The molecule has 1 aromatic rings. The Kier molecular flexibility index (Phi) is 9.40. The fourth-order valence-electron chi connectivity index (χ4n) is 3.66. The molecule has 3 rings (SSSR count). The summed E-state index contributed by atoms with van der Waals surface area (Å²) in [5.74, 6) is -3.54. The first-order valence-electron chi connectivity index (χ1n) is 10.0. The zero-order valence-corrected chi connectivity index (χ0v) is 17.2. The Balaban J connectivity index is 0.000000309. The quantitative estimate of drug-likeness (QED) is 0.391. The number of ether oxygens (including phenoxy) is 1. The number of halogens is 3. The van der Waals surface area contributed by atoms with Crippen molar-refractivity contribution in [2.45, 2.75) is 49.9 Å². The minimum atomic E-state index is -4.30. The highest BCUT2D eigenvalue weighted by molar-refractivity contribution is 5.83. The number of aliphatic hydroxyl groups excluding tert-OH is 2. The molecule has 2 fully saturated rings. The fraction of sp³-hybridized carbons (Fsp3) is 0.600. The zero-order valence-electron chi connectivity index (χ0n) is 17.2. The minimum Gasteiger partial charge on any atom is -0.479 e. The molecular weight excluding hydrogens is 437 g/mol. The van der Waals surface area contributed by atoms with Crippen LogP contribution in [0.5, 0.6) is 0 Å². The van der Waals surface area contributed by atoms with Crippen LogP contribution in [0.1, 0.15) is 24.0 Å². The first kappa shape index (κ1) is 26.0. The number of alkyl halides is 3. The normalized spacial score (nSPS) is 22.8. The molecule has 2 unspecified atom stereocenters. The summed E-state index contributed by atoms with van der Waals surface area (Å²) in [6.45, 7) is 3.41. The van der Waals surface area contributed by atoms with E-state index in [0.29, 0.717) is 25.3 Å². The van der Waals surface area contributed by atoms with E-state index in [4.69, 9.17) is 25.2 Å². The van der Waals surface area contributed by atoms with Gasteiger partial charge >= 0.3 is 18.1 Å². The van der Waals surface area contributed by atoms with Gasteiger partial charge in [-0.25, -0.2) is 9.59 Å². The van der Waals surface area contributed by atoms with Crippen LogP contribution in [0.3, 0.4) is 0 Å². The van der Waals surface area contributed by atoms with Crippen LogP contribution >= 0.6 is 0 Å². The third-order valence-electron chi connectivity index (χ3n) is 5.36. The average Bonchev–Trinajstić information content (AvgIpc) is 3.45. The highest BCUT2D eigenvalue weighted by Gasteiger charge is 2.36. The van der Waals surface area contributed by atoms with E-state index in [-0.39, 0.29) is 12.1 Å². The molecular formula is C20H27F3N2O7. The maximum absolute atomic E-state index is 13.2. The molecule has 2 aliphatic rings. The van der Waals surface area contributed by atoms with Crippen molar-refractivity contribution in [3.63, 3.8) is 0 Å². The third-order valence-corrected chi connectivity index (χ3v) is 5.36. The summed E-state index contributed by atoms with van der Waals surface area (Å²) in [7, 11) is 0. The summed E-state index contributed by atoms with van der Waals surface area (Å²) in [5, 5.41) is 35.8. The lowest BCUT2D eigenvalue weighted by Crippen LogP contribution is -2.44. The Morgan fingerprint density at radius 1 is 1.09 bits per heavy atom. The van der Waals surface area contributed by atoms with Gasteiger partial charge in [0.2, 0.25) is 0 Å². The van der Waals surface area contributed by atoms with Gasteiger partial charge in [-0.05, 0) is 31.0 Å². The number of carbonyl (C=O) groups is 2. The molecule has 1 aromatic carbocycles. The molecule has 2 heterocycles. The van der Waals surface area contributed by atoms with E-state index < -0.39 is 35.9 Å². The van der Waals surface area contributed by atoms with Crippen molar-refractivity contribution >= 4 is 11.9 Å². The molecule has 9 nitrogen and oxygen atoms in total. The maximum atomic E-state index is 13.2. The van der Waals surface area contributed by atoms with E-state index in [9.17, 15) is 22.8 Å². The second-order valence-corrected chi connectivity index (χ2v) is 7.56. The van der Waals surface area contributed by atoms with Crippen molar-refractivity contribution in [1.82, 2.24) is 10.2 Å². The molecule has 0 amide bonds. The second-order valence-electron chi connectivity index (χ2n) is 7.56. The van der Waals surface area contributed by atoms with Crippen LogP contribution in [-0.2, 0) is 27.0 Å². The molecule has 2 aliphatic heterocycles. The van der Waals surface area contributed by atoms with Gasteiger partial charge in [-0.1, -0.05) is 18.2 Å². The predicted octanol–water partition coefficient (Wildman–Crippen LogP) is 0.536. The smallest absolute Gasteiger partial charge is 0.416 e. The third kappa shape index (κ3) is 7.14. The average molecular weight is 464 g/mol. The number of nitrogens with one attached hydrogen (secondary N) is 1. The maximum Gasteiger partial charge on any atom is 0.416 e. The Morgan fingerprint density at radius 3 is 2.19 bits per heavy atom. The van der Waals surface area contributed by atoms with Crippen molar-refractivity contribution in [2.24, 2.45) is 0 Å². The number of nitrogens with zero attached hydrogens (tertiary/aromatic N) is 1. The van der Waals surface area contributed by atoms with Crippen LogP contribution in [0.15, 0.2) is 24.3 Å². The lowest BCUT2D eigenvalue weighted by molar-refractivity contribution is -0.165. The van der Waals surface area contributed by atoms with Gasteiger partial charge in [0, 0.05) is 31.8 Å². The molecule has 0 aliphatic carbocycles. The van der Waals surface area contributed by atoms with Crippen molar-refractivity contribution < 1.29 is 47.9 Å². The number of hydrogen-bond acceptors (Lipinski definition) is 7.